The molecular weight excluding hydrogens is 446 g/mol. The lowest BCUT2D eigenvalue weighted by Gasteiger charge is -2.38. The standard InChI is InChI=1S/C24H28ClN3O5/c25-16-11-27(21-18(29)12-33-22(16)21)24(32)20(13-4-1-2-5-13)28-17-9-8-15(23(26)31)10-14(17)6-3-7-19(28)30/h8-10,13,16,20-22H,1-7,11-12H2,(H2,26,31)/t16-,20-,21+,22+/m0/s1. The molecule has 5 rings (SSSR count). The molecule has 1 aliphatic carbocycles. The average molecular weight is 474 g/mol. The van der Waals surface area contributed by atoms with E-state index in [1.54, 1.807) is 28.0 Å². The summed E-state index contributed by atoms with van der Waals surface area (Å²) < 4.78 is 5.57. The zero-order valence-electron chi connectivity index (χ0n) is 18.4. The number of alkyl halides is 1. The number of ketones is 1. The number of halogens is 1. The van der Waals surface area contributed by atoms with Crippen molar-refractivity contribution in [1.29, 1.82) is 0 Å². The van der Waals surface area contributed by atoms with E-state index >= 15 is 0 Å². The lowest BCUT2D eigenvalue weighted by Crippen LogP contribution is -2.56. The average Bonchev–Trinajstić information content (AvgIpc) is 3.49. The number of nitrogens with two attached hydrogens (primary N) is 1. The van der Waals surface area contributed by atoms with Crippen LogP contribution in [0, 0.1) is 5.92 Å². The predicted molar refractivity (Wildman–Crippen MR) is 121 cm³/mol. The van der Waals surface area contributed by atoms with Crippen molar-refractivity contribution < 1.29 is 23.9 Å². The maximum absolute atomic E-state index is 14.1. The molecule has 3 fully saturated rings. The van der Waals surface area contributed by atoms with Crippen molar-refractivity contribution >= 4 is 40.8 Å². The van der Waals surface area contributed by atoms with Crippen LogP contribution in [0.4, 0.5) is 5.69 Å². The maximum Gasteiger partial charge on any atom is 0.248 e. The first kappa shape index (κ1) is 22.3. The fraction of sp³-hybridized carbons (Fsp3) is 0.583. The van der Waals surface area contributed by atoms with E-state index < -0.39 is 29.5 Å². The Labute approximate surface area is 197 Å². The van der Waals surface area contributed by atoms with Crippen LogP contribution in [0.3, 0.4) is 0 Å². The normalized spacial score (nSPS) is 28.6. The van der Waals surface area contributed by atoms with E-state index in [-0.39, 0.29) is 36.7 Å². The van der Waals surface area contributed by atoms with Gasteiger partial charge in [-0.3, -0.25) is 24.1 Å². The van der Waals surface area contributed by atoms with Crippen LogP contribution in [0.25, 0.3) is 0 Å². The second kappa shape index (κ2) is 8.72. The third-order valence-electron chi connectivity index (χ3n) is 7.51. The van der Waals surface area contributed by atoms with Crippen LogP contribution in [-0.2, 0) is 25.5 Å². The minimum absolute atomic E-state index is 0.00605. The molecule has 2 N–H and O–H groups in total. The van der Waals surface area contributed by atoms with Crippen molar-refractivity contribution in [3.05, 3.63) is 29.3 Å². The van der Waals surface area contributed by atoms with E-state index in [0.717, 1.165) is 31.2 Å². The molecule has 0 aromatic heterocycles. The van der Waals surface area contributed by atoms with Crippen molar-refractivity contribution in [3.8, 4) is 0 Å². The molecule has 0 unspecified atom stereocenters. The minimum Gasteiger partial charge on any atom is -0.366 e. The first-order chi connectivity index (χ1) is 15.9. The van der Waals surface area contributed by atoms with Gasteiger partial charge in [-0.1, -0.05) is 12.8 Å². The summed E-state index contributed by atoms with van der Waals surface area (Å²) in [6.45, 7) is 0.179. The number of ether oxygens (including phenoxy) is 1. The topological polar surface area (TPSA) is 110 Å². The molecule has 176 valence electrons. The summed E-state index contributed by atoms with van der Waals surface area (Å²) in [6, 6.07) is 3.66. The van der Waals surface area contributed by atoms with Crippen LogP contribution in [0.1, 0.15) is 54.4 Å². The Bertz CT molecular complexity index is 1010. The predicted octanol–water partition coefficient (Wildman–Crippen LogP) is 1.80. The number of likely N-dealkylation sites (tertiary alicyclic amines) is 1. The minimum atomic E-state index is -0.715. The number of anilines is 1. The molecule has 3 aliphatic heterocycles. The van der Waals surface area contributed by atoms with E-state index in [9.17, 15) is 19.2 Å². The molecule has 3 heterocycles. The van der Waals surface area contributed by atoms with Gasteiger partial charge in [0.2, 0.25) is 17.7 Å². The van der Waals surface area contributed by atoms with E-state index in [1.807, 2.05) is 0 Å². The summed E-state index contributed by atoms with van der Waals surface area (Å²) in [7, 11) is 0. The number of hydrogen-bond donors (Lipinski definition) is 1. The van der Waals surface area contributed by atoms with Crippen molar-refractivity contribution in [2.24, 2.45) is 11.7 Å². The molecule has 9 heteroatoms. The summed E-state index contributed by atoms with van der Waals surface area (Å²) in [4.78, 5) is 55.0. The maximum atomic E-state index is 14.1. The number of benzene rings is 1. The van der Waals surface area contributed by atoms with Gasteiger partial charge < -0.3 is 15.4 Å². The van der Waals surface area contributed by atoms with Crippen LogP contribution in [0.5, 0.6) is 0 Å². The Morgan fingerprint density at radius 3 is 2.61 bits per heavy atom. The van der Waals surface area contributed by atoms with E-state index in [1.165, 1.54) is 0 Å². The highest BCUT2D eigenvalue weighted by molar-refractivity contribution is 6.22. The summed E-state index contributed by atoms with van der Waals surface area (Å²) in [5.41, 5.74) is 7.35. The molecule has 4 aliphatic rings. The molecule has 3 amide bonds. The zero-order chi connectivity index (χ0) is 23.3. The monoisotopic (exact) mass is 473 g/mol. The van der Waals surface area contributed by atoms with E-state index in [4.69, 9.17) is 22.1 Å². The highest BCUT2D eigenvalue weighted by Gasteiger charge is 2.54. The van der Waals surface area contributed by atoms with Crippen LogP contribution >= 0.6 is 11.6 Å². The van der Waals surface area contributed by atoms with Gasteiger partial charge in [-0.05, 0) is 55.4 Å². The third-order valence-corrected chi connectivity index (χ3v) is 7.90. The van der Waals surface area contributed by atoms with Crippen molar-refractivity contribution in [2.75, 3.05) is 18.1 Å². The van der Waals surface area contributed by atoms with Crippen LogP contribution in [0.2, 0.25) is 0 Å². The highest BCUT2D eigenvalue weighted by atomic mass is 35.5. The van der Waals surface area contributed by atoms with Gasteiger partial charge in [0, 0.05) is 24.2 Å². The smallest absolute Gasteiger partial charge is 0.248 e. The Kier molecular flexibility index (Phi) is 5.91. The number of rotatable bonds is 4. The molecule has 33 heavy (non-hydrogen) atoms. The van der Waals surface area contributed by atoms with Crippen LogP contribution in [0.15, 0.2) is 18.2 Å². The Morgan fingerprint density at radius 1 is 1.12 bits per heavy atom. The SMILES string of the molecule is NC(=O)c1ccc2c(c1)CCCC(=O)N2[C@H](C(=O)N1C[C@H](Cl)[C@H]2OCC(=O)[C@H]21)C1CCCC1. The number of hydrogen-bond acceptors (Lipinski definition) is 5. The van der Waals surface area contributed by atoms with Gasteiger partial charge in [0.25, 0.3) is 0 Å². The largest absolute Gasteiger partial charge is 0.366 e. The van der Waals surface area contributed by atoms with Gasteiger partial charge in [0.05, 0.1) is 5.38 Å². The molecule has 0 spiro atoms. The lowest BCUT2D eigenvalue weighted by molar-refractivity contribution is -0.139. The number of fused-ring (bicyclic) bond motifs is 2. The number of Topliss-reactive ketones (excluding diaryl/α,β-unsaturated/α-hetero) is 1. The Hall–Kier alpha value is -2.45. The lowest BCUT2D eigenvalue weighted by atomic mass is 9.93. The number of aryl methyl sites for hydroxylation is 1. The number of nitrogens with zero attached hydrogens (tertiary/aromatic N) is 2. The molecule has 0 radical (unpaired) electrons. The molecule has 4 atom stereocenters. The highest BCUT2D eigenvalue weighted by Crippen LogP contribution is 2.39. The number of carbonyl (C=O) groups excluding carboxylic acids is 4. The van der Waals surface area contributed by atoms with Gasteiger partial charge in [-0.2, -0.15) is 0 Å². The van der Waals surface area contributed by atoms with Gasteiger partial charge in [-0.15, -0.1) is 11.6 Å². The zero-order valence-corrected chi connectivity index (χ0v) is 19.1. The first-order valence-electron chi connectivity index (χ1n) is 11.7. The first-order valence-corrected chi connectivity index (χ1v) is 12.1. The molecule has 8 nitrogen and oxygen atoms in total. The third kappa shape index (κ3) is 3.83. The van der Waals surface area contributed by atoms with Crippen molar-refractivity contribution in [1.82, 2.24) is 4.90 Å². The molecular formula is C24H28ClN3O5. The molecule has 1 aromatic carbocycles. The summed E-state index contributed by atoms with van der Waals surface area (Å²) in [6.07, 6.45) is 4.72. The second-order valence-corrected chi connectivity index (χ2v) is 10.1. The summed E-state index contributed by atoms with van der Waals surface area (Å²) >= 11 is 6.45. The Morgan fingerprint density at radius 2 is 1.88 bits per heavy atom. The van der Waals surface area contributed by atoms with Crippen molar-refractivity contribution in [3.63, 3.8) is 0 Å². The second-order valence-electron chi connectivity index (χ2n) is 9.51. The van der Waals surface area contributed by atoms with E-state index in [2.05, 4.69) is 0 Å². The molecule has 2 saturated heterocycles. The summed E-state index contributed by atoms with van der Waals surface area (Å²) in [5.74, 6) is -1.03. The van der Waals surface area contributed by atoms with Gasteiger partial charge in [0.1, 0.15) is 24.8 Å². The number of primary amides is 1. The molecule has 1 aromatic rings. The summed E-state index contributed by atoms with van der Waals surface area (Å²) in [5, 5.41) is -0.458. The quantitative estimate of drug-likeness (QED) is 0.670. The van der Waals surface area contributed by atoms with Gasteiger partial charge >= 0.3 is 0 Å². The fourth-order valence-corrected chi connectivity index (χ4v) is 6.31. The molecule has 1 saturated carbocycles. The van der Waals surface area contributed by atoms with Crippen LogP contribution in [-0.4, -0.2) is 65.1 Å². The van der Waals surface area contributed by atoms with Crippen molar-refractivity contribution in [2.45, 2.75) is 68.5 Å². The van der Waals surface area contributed by atoms with Gasteiger partial charge in [-0.25, -0.2) is 0 Å². The fourth-order valence-electron chi connectivity index (χ4n) is 5.95. The number of amides is 3. The molecule has 0 bridgehead atoms. The van der Waals surface area contributed by atoms with E-state index in [0.29, 0.717) is 30.5 Å². The Balaban J connectivity index is 1.57. The van der Waals surface area contributed by atoms with Crippen LogP contribution < -0.4 is 10.6 Å². The van der Waals surface area contributed by atoms with Gasteiger partial charge in [0.15, 0.2) is 5.78 Å². The number of carbonyl (C=O) groups is 4.